The van der Waals surface area contributed by atoms with Gasteiger partial charge >= 0.3 is 5.97 Å². The molecule has 7 nitrogen and oxygen atoms in total. The summed E-state index contributed by atoms with van der Waals surface area (Å²) in [6, 6.07) is 9.81. The van der Waals surface area contributed by atoms with Gasteiger partial charge in [0.2, 0.25) is 15.9 Å². The van der Waals surface area contributed by atoms with E-state index in [4.69, 9.17) is 0 Å². The zero-order valence-corrected chi connectivity index (χ0v) is 15.2. The average Bonchev–Trinajstić information content (AvgIpc) is 3.15. The van der Waals surface area contributed by atoms with Crippen LogP contribution in [0.15, 0.2) is 46.0 Å². The number of hydrogen-bond acceptors (Lipinski definition) is 6. The van der Waals surface area contributed by atoms with Crippen LogP contribution in [0.1, 0.15) is 22.3 Å². The molecule has 0 aliphatic rings. The molecule has 0 spiro atoms. The maximum absolute atomic E-state index is 11.9. The van der Waals surface area contributed by atoms with E-state index < -0.39 is 16.0 Å². The van der Waals surface area contributed by atoms with E-state index in [1.165, 1.54) is 13.2 Å². The molecule has 0 saturated carbocycles. The summed E-state index contributed by atoms with van der Waals surface area (Å²) < 4.78 is 31.0. The molecule has 0 saturated heterocycles. The van der Waals surface area contributed by atoms with Crippen molar-refractivity contribution in [1.29, 1.82) is 0 Å². The van der Waals surface area contributed by atoms with Crippen molar-refractivity contribution in [2.75, 3.05) is 13.7 Å². The summed E-state index contributed by atoms with van der Waals surface area (Å²) in [7, 11) is -2.24. The first kappa shape index (κ1) is 19.1. The second-order valence-electron chi connectivity index (χ2n) is 5.05. The predicted molar refractivity (Wildman–Crippen MR) is 93.8 cm³/mol. The Kier molecular flexibility index (Phi) is 6.68. The minimum atomic E-state index is -3.55. The number of esters is 1. The lowest BCUT2D eigenvalue weighted by molar-refractivity contribution is -0.121. The van der Waals surface area contributed by atoms with Crippen molar-refractivity contribution in [3.63, 3.8) is 0 Å². The molecular formula is C16H18N2O5S2. The van der Waals surface area contributed by atoms with Gasteiger partial charge in [-0.1, -0.05) is 18.2 Å². The number of amides is 1. The highest BCUT2D eigenvalue weighted by Crippen LogP contribution is 2.15. The van der Waals surface area contributed by atoms with Gasteiger partial charge in [-0.05, 0) is 29.1 Å². The maximum Gasteiger partial charge on any atom is 0.337 e. The fraction of sp³-hybridized carbons (Fsp3) is 0.250. The van der Waals surface area contributed by atoms with Crippen LogP contribution in [0.2, 0.25) is 0 Å². The zero-order chi connectivity index (χ0) is 18.3. The third-order valence-corrected chi connectivity index (χ3v) is 6.13. The number of carbonyl (C=O) groups is 2. The minimum Gasteiger partial charge on any atom is -0.465 e. The molecule has 1 amide bonds. The molecule has 1 aromatic carbocycles. The summed E-state index contributed by atoms with van der Waals surface area (Å²) in [5, 5.41) is 4.37. The summed E-state index contributed by atoms with van der Waals surface area (Å²) in [4.78, 5) is 23.1. The fourth-order valence-electron chi connectivity index (χ4n) is 1.95. The first-order chi connectivity index (χ1) is 11.9. The highest BCUT2D eigenvalue weighted by Gasteiger charge is 2.14. The third-order valence-electron chi connectivity index (χ3n) is 3.27. The monoisotopic (exact) mass is 382 g/mol. The summed E-state index contributed by atoms with van der Waals surface area (Å²) >= 11 is 1.12. The Balaban J connectivity index is 1.75. The molecular weight excluding hydrogens is 364 g/mol. The third kappa shape index (κ3) is 5.66. The molecule has 0 radical (unpaired) electrons. The molecule has 134 valence electrons. The minimum absolute atomic E-state index is 0.0212. The van der Waals surface area contributed by atoms with Crippen LogP contribution < -0.4 is 10.0 Å². The second kappa shape index (κ2) is 8.75. The molecule has 0 unspecified atom stereocenters. The number of carbonyl (C=O) groups excluding carboxylic acids is 2. The number of thiophene rings is 1. The Morgan fingerprint density at radius 3 is 2.48 bits per heavy atom. The lowest BCUT2D eigenvalue weighted by Crippen LogP contribution is -2.30. The van der Waals surface area contributed by atoms with Crippen LogP contribution in [0.5, 0.6) is 0 Å². The molecule has 0 fully saturated rings. The Morgan fingerprint density at radius 2 is 1.88 bits per heavy atom. The molecule has 0 bridgehead atoms. The van der Waals surface area contributed by atoms with Gasteiger partial charge in [-0.25, -0.2) is 17.9 Å². The van der Waals surface area contributed by atoms with E-state index in [9.17, 15) is 18.0 Å². The van der Waals surface area contributed by atoms with Crippen LogP contribution in [0, 0.1) is 0 Å². The van der Waals surface area contributed by atoms with Crippen molar-refractivity contribution in [1.82, 2.24) is 10.0 Å². The van der Waals surface area contributed by atoms with Crippen LogP contribution in [0.25, 0.3) is 0 Å². The molecule has 1 heterocycles. The lowest BCUT2D eigenvalue weighted by Gasteiger charge is -2.07. The van der Waals surface area contributed by atoms with Gasteiger partial charge in [0.05, 0.1) is 12.7 Å². The van der Waals surface area contributed by atoms with Crippen molar-refractivity contribution in [3.05, 3.63) is 52.9 Å². The number of benzene rings is 1. The molecule has 0 aliphatic carbocycles. The van der Waals surface area contributed by atoms with Crippen molar-refractivity contribution < 1.29 is 22.7 Å². The standard InChI is InChI=1S/C16H18N2O5S2/c1-23-16(20)13-6-4-12(5-7-13)11-17-14(19)8-9-18-25(21,22)15-3-2-10-24-15/h2-7,10,18H,8-9,11H2,1H3,(H,17,19). The highest BCUT2D eigenvalue weighted by atomic mass is 32.2. The van der Waals surface area contributed by atoms with Gasteiger partial charge in [-0.2, -0.15) is 0 Å². The molecule has 2 aromatic rings. The summed E-state index contributed by atoms with van der Waals surface area (Å²) in [5.41, 5.74) is 1.25. The molecule has 2 rings (SSSR count). The fourth-order valence-corrected chi connectivity index (χ4v) is 4.02. The van der Waals surface area contributed by atoms with E-state index in [1.807, 2.05) is 0 Å². The predicted octanol–water partition coefficient (Wildman–Crippen LogP) is 1.52. The Bertz CT molecular complexity index is 815. The van der Waals surface area contributed by atoms with E-state index >= 15 is 0 Å². The van der Waals surface area contributed by atoms with E-state index in [0.29, 0.717) is 5.56 Å². The maximum atomic E-state index is 11.9. The number of rotatable bonds is 8. The zero-order valence-electron chi connectivity index (χ0n) is 13.5. The average molecular weight is 382 g/mol. The van der Waals surface area contributed by atoms with Gasteiger partial charge in [-0.3, -0.25) is 4.79 Å². The van der Waals surface area contributed by atoms with Crippen molar-refractivity contribution in [2.24, 2.45) is 0 Å². The van der Waals surface area contributed by atoms with Crippen LogP contribution in [-0.2, 0) is 26.1 Å². The number of ether oxygens (including phenoxy) is 1. The summed E-state index contributed by atoms with van der Waals surface area (Å²) in [5.74, 6) is -0.695. The van der Waals surface area contributed by atoms with E-state index in [-0.39, 0.29) is 29.6 Å². The van der Waals surface area contributed by atoms with E-state index in [0.717, 1.165) is 16.9 Å². The number of methoxy groups -OCH3 is 1. The highest BCUT2D eigenvalue weighted by molar-refractivity contribution is 7.91. The normalized spacial score (nSPS) is 11.1. The first-order valence-electron chi connectivity index (χ1n) is 7.39. The van der Waals surface area contributed by atoms with Gasteiger partial charge in [0.15, 0.2) is 0 Å². The van der Waals surface area contributed by atoms with E-state index in [1.54, 1.807) is 35.7 Å². The molecule has 25 heavy (non-hydrogen) atoms. The van der Waals surface area contributed by atoms with Crippen molar-refractivity contribution in [3.8, 4) is 0 Å². The van der Waals surface area contributed by atoms with Crippen LogP contribution in [-0.4, -0.2) is 33.9 Å². The smallest absolute Gasteiger partial charge is 0.337 e. The van der Waals surface area contributed by atoms with Crippen LogP contribution in [0.4, 0.5) is 0 Å². The largest absolute Gasteiger partial charge is 0.465 e. The quantitative estimate of drug-likeness (QED) is 0.674. The summed E-state index contributed by atoms with van der Waals surface area (Å²) in [6.07, 6.45) is 0.0326. The number of hydrogen-bond donors (Lipinski definition) is 2. The van der Waals surface area contributed by atoms with Gasteiger partial charge in [-0.15, -0.1) is 11.3 Å². The molecule has 9 heteroatoms. The molecule has 2 N–H and O–H groups in total. The van der Waals surface area contributed by atoms with Crippen molar-refractivity contribution in [2.45, 2.75) is 17.2 Å². The molecule has 0 aliphatic heterocycles. The van der Waals surface area contributed by atoms with Gasteiger partial charge in [0, 0.05) is 19.5 Å². The summed E-state index contributed by atoms with van der Waals surface area (Å²) in [6.45, 7) is 0.311. The Morgan fingerprint density at radius 1 is 1.16 bits per heavy atom. The Hall–Kier alpha value is -2.23. The van der Waals surface area contributed by atoms with Crippen LogP contribution in [0.3, 0.4) is 0 Å². The number of sulfonamides is 1. The molecule has 0 atom stereocenters. The topological polar surface area (TPSA) is 102 Å². The van der Waals surface area contributed by atoms with Gasteiger partial charge in [0.25, 0.3) is 0 Å². The number of nitrogens with one attached hydrogen (secondary N) is 2. The second-order valence-corrected chi connectivity index (χ2v) is 7.99. The van der Waals surface area contributed by atoms with Crippen molar-refractivity contribution >= 4 is 33.2 Å². The lowest BCUT2D eigenvalue weighted by atomic mass is 10.1. The first-order valence-corrected chi connectivity index (χ1v) is 9.76. The molecule has 1 aromatic heterocycles. The Labute approximate surface area is 150 Å². The van der Waals surface area contributed by atoms with Gasteiger partial charge in [0.1, 0.15) is 4.21 Å². The van der Waals surface area contributed by atoms with E-state index in [2.05, 4.69) is 14.8 Å². The van der Waals surface area contributed by atoms with Gasteiger partial charge < -0.3 is 10.1 Å². The van der Waals surface area contributed by atoms with Crippen LogP contribution >= 0.6 is 11.3 Å². The SMILES string of the molecule is COC(=O)c1ccc(CNC(=O)CCNS(=O)(=O)c2cccs2)cc1.